The van der Waals surface area contributed by atoms with Gasteiger partial charge in [-0.15, -0.1) is 0 Å². The van der Waals surface area contributed by atoms with Crippen molar-refractivity contribution in [1.82, 2.24) is 4.90 Å². The van der Waals surface area contributed by atoms with Crippen LogP contribution in [0.3, 0.4) is 0 Å². The van der Waals surface area contributed by atoms with Crippen LogP contribution in [-0.4, -0.2) is 50.8 Å². The van der Waals surface area contributed by atoms with Gasteiger partial charge in [0, 0.05) is 19.5 Å². The van der Waals surface area contributed by atoms with Gasteiger partial charge in [0.05, 0.1) is 26.4 Å². The molecule has 0 radical (unpaired) electrons. The maximum absolute atomic E-state index is 11.5. The molecule has 26 heavy (non-hydrogen) atoms. The molecule has 1 aliphatic heterocycles. The zero-order chi connectivity index (χ0) is 18.4. The van der Waals surface area contributed by atoms with E-state index in [1.807, 2.05) is 19.1 Å². The molecule has 0 amide bonds. The maximum atomic E-state index is 11.5. The van der Waals surface area contributed by atoms with Gasteiger partial charge in [0.15, 0.2) is 0 Å². The SMILES string of the molecule is CCOC(=O)CCCN1CCOC(c2ccc3cc(OC)ccc3c2)C1. The Balaban J connectivity index is 1.60. The Morgan fingerprint density at radius 1 is 1.23 bits per heavy atom. The molecule has 1 unspecified atom stereocenters. The summed E-state index contributed by atoms with van der Waals surface area (Å²) in [6.07, 6.45) is 1.37. The van der Waals surface area contributed by atoms with Crippen molar-refractivity contribution < 1.29 is 19.0 Å². The normalized spacial score (nSPS) is 18.0. The highest BCUT2D eigenvalue weighted by Gasteiger charge is 2.22. The third-order valence-electron chi connectivity index (χ3n) is 4.75. The average Bonchev–Trinajstić information content (AvgIpc) is 2.67. The van der Waals surface area contributed by atoms with Gasteiger partial charge in [-0.1, -0.05) is 18.2 Å². The summed E-state index contributed by atoms with van der Waals surface area (Å²) in [7, 11) is 1.68. The summed E-state index contributed by atoms with van der Waals surface area (Å²) >= 11 is 0. The summed E-state index contributed by atoms with van der Waals surface area (Å²) in [5, 5.41) is 2.35. The highest BCUT2D eigenvalue weighted by molar-refractivity contribution is 5.84. The van der Waals surface area contributed by atoms with E-state index in [0.717, 1.165) is 37.2 Å². The van der Waals surface area contributed by atoms with Gasteiger partial charge in [-0.05, 0) is 54.4 Å². The van der Waals surface area contributed by atoms with E-state index in [1.54, 1.807) is 7.11 Å². The lowest BCUT2D eigenvalue weighted by atomic mass is 10.0. The monoisotopic (exact) mass is 357 g/mol. The first-order chi connectivity index (χ1) is 12.7. The van der Waals surface area contributed by atoms with Crippen LogP contribution in [0.5, 0.6) is 5.75 Å². The first-order valence-corrected chi connectivity index (χ1v) is 9.27. The zero-order valence-electron chi connectivity index (χ0n) is 15.6. The fraction of sp³-hybridized carbons (Fsp3) is 0.476. The molecule has 0 aliphatic carbocycles. The molecular formula is C21H27NO4. The van der Waals surface area contributed by atoms with Crippen LogP contribution >= 0.6 is 0 Å². The van der Waals surface area contributed by atoms with Gasteiger partial charge in [-0.2, -0.15) is 0 Å². The molecule has 1 saturated heterocycles. The second-order valence-electron chi connectivity index (χ2n) is 6.54. The molecule has 0 aromatic heterocycles. The predicted molar refractivity (Wildman–Crippen MR) is 102 cm³/mol. The van der Waals surface area contributed by atoms with Gasteiger partial charge in [0.25, 0.3) is 0 Å². The molecule has 0 bridgehead atoms. The third kappa shape index (κ3) is 4.74. The number of benzene rings is 2. The Labute approximate surface area is 154 Å². The predicted octanol–water partition coefficient (Wildman–Crippen LogP) is 3.57. The molecule has 140 valence electrons. The van der Waals surface area contributed by atoms with Crippen molar-refractivity contribution >= 4 is 16.7 Å². The van der Waals surface area contributed by atoms with E-state index in [4.69, 9.17) is 14.2 Å². The van der Waals surface area contributed by atoms with E-state index in [2.05, 4.69) is 29.2 Å². The average molecular weight is 357 g/mol. The first-order valence-electron chi connectivity index (χ1n) is 9.27. The van der Waals surface area contributed by atoms with E-state index in [1.165, 1.54) is 10.9 Å². The number of hydrogen-bond acceptors (Lipinski definition) is 5. The van der Waals surface area contributed by atoms with Crippen LogP contribution in [0.2, 0.25) is 0 Å². The molecule has 3 rings (SSSR count). The lowest BCUT2D eigenvalue weighted by Crippen LogP contribution is -2.39. The lowest BCUT2D eigenvalue weighted by molar-refractivity contribution is -0.143. The van der Waals surface area contributed by atoms with Crippen molar-refractivity contribution in [2.24, 2.45) is 0 Å². The van der Waals surface area contributed by atoms with Crippen LogP contribution < -0.4 is 4.74 Å². The molecule has 2 aromatic rings. The first kappa shape index (κ1) is 18.7. The largest absolute Gasteiger partial charge is 0.497 e. The van der Waals surface area contributed by atoms with Crippen LogP contribution in [0.1, 0.15) is 31.4 Å². The van der Waals surface area contributed by atoms with Crippen LogP contribution in [0.25, 0.3) is 10.8 Å². The van der Waals surface area contributed by atoms with Gasteiger partial charge >= 0.3 is 5.97 Å². The number of rotatable bonds is 7. The zero-order valence-corrected chi connectivity index (χ0v) is 15.6. The number of hydrogen-bond donors (Lipinski definition) is 0. The standard InChI is InChI=1S/C21H27NO4/c1-3-25-21(23)5-4-10-22-11-12-26-20(15-22)18-7-6-17-14-19(24-2)9-8-16(17)13-18/h6-9,13-14,20H,3-5,10-12,15H2,1-2H3. The minimum atomic E-state index is -0.109. The van der Waals surface area contributed by atoms with E-state index < -0.39 is 0 Å². The summed E-state index contributed by atoms with van der Waals surface area (Å²) in [5.74, 6) is 0.759. The number of esters is 1. The molecule has 2 aromatic carbocycles. The second kappa shape index (κ2) is 9.01. The Morgan fingerprint density at radius 3 is 2.85 bits per heavy atom. The number of ether oxygens (including phenoxy) is 3. The van der Waals surface area contributed by atoms with E-state index >= 15 is 0 Å². The Hall–Kier alpha value is -2.11. The van der Waals surface area contributed by atoms with Gasteiger partial charge in [-0.25, -0.2) is 0 Å². The van der Waals surface area contributed by atoms with E-state index in [9.17, 15) is 4.79 Å². The van der Waals surface area contributed by atoms with Crippen molar-refractivity contribution in [3.63, 3.8) is 0 Å². The smallest absolute Gasteiger partial charge is 0.305 e. The quantitative estimate of drug-likeness (QED) is 0.709. The van der Waals surface area contributed by atoms with Crippen molar-refractivity contribution in [2.45, 2.75) is 25.9 Å². The summed E-state index contributed by atoms with van der Waals surface area (Å²) < 4.78 is 16.3. The number of carbonyl (C=O) groups is 1. The highest BCUT2D eigenvalue weighted by atomic mass is 16.5. The molecule has 5 heteroatoms. The number of morpholine rings is 1. The molecule has 0 N–H and O–H groups in total. The van der Waals surface area contributed by atoms with Crippen molar-refractivity contribution in [3.8, 4) is 5.75 Å². The Bertz CT molecular complexity index is 746. The fourth-order valence-corrected chi connectivity index (χ4v) is 3.36. The number of fused-ring (bicyclic) bond motifs is 1. The molecule has 0 saturated carbocycles. The summed E-state index contributed by atoms with van der Waals surface area (Å²) in [6, 6.07) is 12.6. The van der Waals surface area contributed by atoms with Crippen LogP contribution in [0, 0.1) is 0 Å². The summed E-state index contributed by atoms with van der Waals surface area (Å²) in [6.45, 7) is 5.65. The van der Waals surface area contributed by atoms with Crippen molar-refractivity contribution in [3.05, 3.63) is 42.0 Å². The van der Waals surface area contributed by atoms with E-state index in [0.29, 0.717) is 19.6 Å². The molecular weight excluding hydrogens is 330 g/mol. The molecule has 1 atom stereocenters. The van der Waals surface area contributed by atoms with Crippen LogP contribution in [0.4, 0.5) is 0 Å². The van der Waals surface area contributed by atoms with E-state index in [-0.39, 0.29) is 12.1 Å². The van der Waals surface area contributed by atoms with Crippen molar-refractivity contribution in [2.75, 3.05) is 40.0 Å². The van der Waals surface area contributed by atoms with Gasteiger partial charge in [0.1, 0.15) is 5.75 Å². The molecule has 0 spiro atoms. The molecule has 5 nitrogen and oxygen atoms in total. The maximum Gasteiger partial charge on any atom is 0.305 e. The number of methoxy groups -OCH3 is 1. The third-order valence-corrected chi connectivity index (χ3v) is 4.75. The minimum Gasteiger partial charge on any atom is -0.497 e. The second-order valence-corrected chi connectivity index (χ2v) is 6.54. The molecule has 1 heterocycles. The van der Waals surface area contributed by atoms with Gasteiger partial charge in [-0.3, -0.25) is 9.69 Å². The van der Waals surface area contributed by atoms with Crippen molar-refractivity contribution in [1.29, 1.82) is 0 Å². The lowest BCUT2D eigenvalue weighted by Gasteiger charge is -2.33. The van der Waals surface area contributed by atoms with Gasteiger partial charge in [0.2, 0.25) is 0 Å². The molecule has 1 fully saturated rings. The minimum absolute atomic E-state index is 0.0674. The van der Waals surface area contributed by atoms with Crippen LogP contribution in [-0.2, 0) is 14.3 Å². The number of nitrogens with zero attached hydrogens (tertiary/aromatic N) is 1. The molecule has 1 aliphatic rings. The Kier molecular flexibility index (Phi) is 6.47. The van der Waals surface area contributed by atoms with Crippen LogP contribution in [0.15, 0.2) is 36.4 Å². The Morgan fingerprint density at radius 2 is 2.04 bits per heavy atom. The summed E-state index contributed by atoms with van der Waals surface area (Å²) in [4.78, 5) is 13.8. The number of carbonyl (C=O) groups excluding carboxylic acids is 1. The fourth-order valence-electron chi connectivity index (χ4n) is 3.36. The summed E-state index contributed by atoms with van der Waals surface area (Å²) in [5.41, 5.74) is 1.19. The van der Waals surface area contributed by atoms with Gasteiger partial charge < -0.3 is 14.2 Å². The highest BCUT2D eigenvalue weighted by Crippen LogP contribution is 2.28. The topological polar surface area (TPSA) is 48.0 Å².